The highest BCUT2D eigenvalue weighted by Gasteiger charge is 2.11. The molecular formula is C7H7N2O-. The van der Waals surface area contributed by atoms with E-state index in [1.165, 1.54) is 0 Å². The van der Waals surface area contributed by atoms with Gasteiger partial charge >= 0.3 is 0 Å². The van der Waals surface area contributed by atoms with Crippen LogP contribution in [-0.4, -0.2) is 11.5 Å². The minimum atomic E-state index is 0.562. The van der Waals surface area contributed by atoms with E-state index in [-0.39, 0.29) is 0 Å². The number of rotatable bonds is 0. The predicted octanol–water partition coefficient (Wildman–Crippen LogP) is 0.942. The van der Waals surface area contributed by atoms with Crippen LogP contribution in [0.15, 0.2) is 18.3 Å². The Morgan fingerprint density at radius 3 is 3.30 bits per heavy atom. The summed E-state index contributed by atoms with van der Waals surface area (Å²) in [5.74, 6) is 0.600. The van der Waals surface area contributed by atoms with Crippen molar-refractivity contribution >= 4 is 5.82 Å². The molecule has 3 heteroatoms. The van der Waals surface area contributed by atoms with Gasteiger partial charge in [-0.15, -0.1) is 0 Å². The molecule has 10 heavy (non-hydrogen) atoms. The normalized spacial score (nSPS) is 15.5. The van der Waals surface area contributed by atoms with Gasteiger partial charge in [0.1, 0.15) is 5.82 Å². The van der Waals surface area contributed by atoms with Crippen molar-refractivity contribution in [2.75, 3.05) is 11.6 Å². The van der Waals surface area contributed by atoms with E-state index in [4.69, 9.17) is 0 Å². The molecule has 0 saturated carbocycles. The van der Waals surface area contributed by atoms with Crippen molar-refractivity contribution in [1.29, 1.82) is 0 Å². The van der Waals surface area contributed by atoms with E-state index < -0.39 is 0 Å². The van der Waals surface area contributed by atoms with E-state index >= 15 is 0 Å². The van der Waals surface area contributed by atoms with Crippen molar-refractivity contribution < 1.29 is 0 Å². The van der Waals surface area contributed by atoms with Gasteiger partial charge in [0, 0.05) is 12.7 Å². The van der Waals surface area contributed by atoms with Gasteiger partial charge in [-0.2, -0.15) is 0 Å². The number of fused-ring (bicyclic) bond motifs is 1. The number of hydrogen-bond acceptors (Lipinski definition) is 3. The summed E-state index contributed by atoms with van der Waals surface area (Å²) in [5.41, 5.74) is 1.07. The Labute approximate surface area is 58.9 Å². The third-order valence-corrected chi connectivity index (χ3v) is 1.69. The molecule has 2 heterocycles. The van der Waals surface area contributed by atoms with E-state index in [0.29, 0.717) is 12.4 Å². The van der Waals surface area contributed by atoms with Gasteiger partial charge in [0.15, 0.2) is 0 Å². The van der Waals surface area contributed by atoms with Gasteiger partial charge in [0.2, 0.25) is 0 Å². The van der Waals surface area contributed by atoms with Crippen LogP contribution < -0.4 is 5.06 Å². The third-order valence-electron chi connectivity index (χ3n) is 1.69. The van der Waals surface area contributed by atoms with Crippen molar-refractivity contribution in [3.05, 3.63) is 29.1 Å². The quantitative estimate of drug-likeness (QED) is 0.531. The number of hydroxylamine groups is 1. The molecule has 0 unspecified atom stereocenters. The molecule has 0 N–H and O–H groups in total. The number of pyridine rings is 1. The average molecular weight is 135 g/mol. The van der Waals surface area contributed by atoms with Gasteiger partial charge in [0.25, 0.3) is 0 Å². The van der Waals surface area contributed by atoms with Crippen molar-refractivity contribution in [2.45, 2.75) is 6.42 Å². The summed E-state index contributed by atoms with van der Waals surface area (Å²) in [5, 5.41) is 11.9. The molecule has 0 bridgehead atoms. The molecule has 1 aliphatic rings. The summed E-state index contributed by atoms with van der Waals surface area (Å²) in [6.45, 7) is 0.562. The van der Waals surface area contributed by atoms with E-state index in [0.717, 1.165) is 17.0 Å². The molecule has 1 aliphatic heterocycles. The first kappa shape index (κ1) is 5.68. The number of nitrogens with zero attached hydrogens (tertiary/aromatic N) is 2. The van der Waals surface area contributed by atoms with Crippen LogP contribution in [0.25, 0.3) is 0 Å². The van der Waals surface area contributed by atoms with Crippen LogP contribution in [0.4, 0.5) is 5.82 Å². The molecule has 0 fully saturated rings. The second-order valence-corrected chi connectivity index (χ2v) is 2.34. The molecule has 0 amide bonds. The lowest BCUT2D eigenvalue weighted by molar-refractivity contribution is 0.989. The lowest BCUT2D eigenvalue weighted by Crippen LogP contribution is -2.10. The van der Waals surface area contributed by atoms with Crippen LogP contribution in [0.3, 0.4) is 0 Å². The van der Waals surface area contributed by atoms with Gasteiger partial charge in [0.05, 0.1) is 0 Å². The smallest absolute Gasteiger partial charge is 0.121 e. The van der Waals surface area contributed by atoms with Crippen LogP contribution >= 0.6 is 0 Å². The van der Waals surface area contributed by atoms with Crippen LogP contribution in [-0.2, 0) is 6.42 Å². The summed E-state index contributed by atoms with van der Waals surface area (Å²) >= 11 is 0. The number of anilines is 1. The Morgan fingerprint density at radius 2 is 2.50 bits per heavy atom. The second kappa shape index (κ2) is 1.95. The standard InChI is InChI=1S/C7H7N2O/c10-9-5-3-6-2-1-4-8-7(6)9/h1-2,4H,3,5H2/q-1. The van der Waals surface area contributed by atoms with Crippen molar-refractivity contribution in [3.63, 3.8) is 0 Å². The maximum Gasteiger partial charge on any atom is 0.121 e. The van der Waals surface area contributed by atoms with E-state index in [1.807, 2.05) is 12.1 Å². The zero-order chi connectivity index (χ0) is 6.97. The summed E-state index contributed by atoms with van der Waals surface area (Å²) in [6, 6.07) is 3.80. The van der Waals surface area contributed by atoms with Gasteiger partial charge in [-0.1, -0.05) is 6.07 Å². The summed E-state index contributed by atoms with van der Waals surface area (Å²) in [6.07, 6.45) is 2.49. The first-order valence-corrected chi connectivity index (χ1v) is 3.26. The Bertz CT molecular complexity index is 249. The number of aromatic nitrogens is 1. The van der Waals surface area contributed by atoms with E-state index in [1.54, 1.807) is 6.20 Å². The highest BCUT2D eigenvalue weighted by molar-refractivity contribution is 5.51. The van der Waals surface area contributed by atoms with Gasteiger partial charge < -0.3 is 10.3 Å². The van der Waals surface area contributed by atoms with Crippen LogP contribution in [0.5, 0.6) is 0 Å². The monoisotopic (exact) mass is 135 g/mol. The maximum absolute atomic E-state index is 10.9. The highest BCUT2D eigenvalue weighted by atomic mass is 16.5. The number of hydrogen-bond donors (Lipinski definition) is 0. The van der Waals surface area contributed by atoms with Crippen LogP contribution in [0.2, 0.25) is 0 Å². The van der Waals surface area contributed by atoms with Crippen molar-refractivity contribution in [2.24, 2.45) is 0 Å². The van der Waals surface area contributed by atoms with Crippen molar-refractivity contribution in [3.8, 4) is 0 Å². The fourth-order valence-electron chi connectivity index (χ4n) is 1.18. The molecular weight excluding hydrogens is 128 g/mol. The molecule has 1 aromatic heterocycles. The molecule has 0 aliphatic carbocycles. The molecule has 0 atom stereocenters. The Kier molecular flexibility index (Phi) is 1.11. The minimum absolute atomic E-state index is 0.562. The predicted molar refractivity (Wildman–Crippen MR) is 38.7 cm³/mol. The van der Waals surface area contributed by atoms with Gasteiger partial charge in [-0.05, 0) is 18.1 Å². The molecule has 0 aromatic carbocycles. The van der Waals surface area contributed by atoms with Gasteiger partial charge in [-0.3, -0.25) is 0 Å². The maximum atomic E-state index is 10.9. The van der Waals surface area contributed by atoms with E-state index in [9.17, 15) is 5.21 Å². The third kappa shape index (κ3) is 0.675. The van der Waals surface area contributed by atoms with Crippen molar-refractivity contribution in [1.82, 2.24) is 4.98 Å². The molecule has 2 rings (SSSR count). The Morgan fingerprint density at radius 1 is 1.60 bits per heavy atom. The molecule has 3 nitrogen and oxygen atoms in total. The van der Waals surface area contributed by atoms with Gasteiger partial charge in [-0.25, -0.2) is 4.98 Å². The molecule has 1 aromatic rings. The first-order chi connectivity index (χ1) is 4.88. The van der Waals surface area contributed by atoms with Crippen LogP contribution in [0, 0.1) is 5.21 Å². The lowest BCUT2D eigenvalue weighted by Gasteiger charge is -2.22. The SMILES string of the molecule is [O-]N1CCc2cccnc21. The fraction of sp³-hybridized carbons (Fsp3) is 0.286. The summed E-state index contributed by atoms with van der Waals surface area (Å²) in [7, 11) is 0. The van der Waals surface area contributed by atoms with Crippen LogP contribution in [0.1, 0.15) is 5.56 Å². The summed E-state index contributed by atoms with van der Waals surface area (Å²) < 4.78 is 0. The first-order valence-electron chi connectivity index (χ1n) is 3.26. The highest BCUT2D eigenvalue weighted by Crippen LogP contribution is 2.22. The Hall–Kier alpha value is -1.09. The molecule has 52 valence electrons. The minimum Gasteiger partial charge on any atom is -0.757 e. The Balaban J connectivity index is 2.51. The zero-order valence-electron chi connectivity index (χ0n) is 5.45. The topological polar surface area (TPSA) is 39.2 Å². The lowest BCUT2D eigenvalue weighted by atomic mass is 10.2. The summed E-state index contributed by atoms with van der Waals surface area (Å²) in [4.78, 5) is 3.95. The average Bonchev–Trinajstić information content (AvgIpc) is 2.34. The molecule has 0 spiro atoms. The fourth-order valence-corrected chi connectivity index (χ4v) is 1.18. The van der Waals surface area contributed by atoms with E-state index in [2.05, 4.69) is 4.98 Å². The molecule has 0 saturated heterocycles. The zero-order valence-corrected chi connectivity index (χ0v) is 5.45. The molecule has 0 radical (unpaired) electrons. The largest absolute Gasteiger partial charge is 0.757 e. The second-order valence-electron chi connectivity index (χ2n) is 2.34.